The van der Waals surface area contributed by atoms with Crippen LogP contribution < -0.4 is 5.32 Å². The van der Waals surface area contributed by atoms with Crippen LogP contribution >= 0.6 is 0 Å². The number of rotatable bonds is 3. The zero-order valence-electron chi connectivity index (χ0n) is 10.1. The van der Waals surface area contributed by atoms with E-state index in [1.54, 1.807) is 7.05 Å². The molecular formula is C12H15N3O2S. The number of benzene rings is 1. The molecule has 96 valence electrons. The SMILES string of the molecule is CN(C1CCNC1)S(=O)(=O)c1ccc(C#N)cc1. The van der Waals surface area contributed by atoms with Crippen molar-refractivity contribution < 1.29 is 8.42 Å². The third-order valence-electron chi connectivity index (χ3n) is 3.21. The smallest absolute Gasteiger partial charge is 0.243 e. The minimum atomic E-state index is -3.46. The third kappa shape index (κ3) is 2.38. The minimum absolute atomic E-state index is 0.00523. The number of hydrogen-bond donors (Lipinski definition) is 1. The van der Waals surface area contributed by atoms with E-state index in [0.29, 0.717) is 12.1 Å². The molecule has 1 heterocycles. The predicted octanol–water partition coefficient (Wildman–Crippen LogP) is 0.541. The Bertz CT molecular complexity index is 554. The van der Waals surface area contributed by atoms with Crippen molar-refractivity contribution in [3.05, 3.63) is 29.8 Å². The number of likely N-dealkylation sites (N-methyl/N-ethyl adjacent to an activating group) is 1. The molecule has 1 aliphatic rings. The van der Waals surface area contributed by atoms with Gasteiger partial charge in [-0.25, -0.2) is 8.42 Å². The maximum Gasteiger partial charge on any atom is 0.243 e. The first kappa shape index (κ1) is 13.0. The zero-order chi connectivity index (χ0) is 13.2. The first-order valence-electron chi connectivity index (χ1n) is 5.74. The summed E-state index contributed by atoms with van der Waals surface area (Å²) in [5, 5.41) is 11.8. The molecule has 5 nitrogen and oxygen atoms in total. The van der Waals surface area contributed by atoms with Gasteiger partial charge in [-0.15, -0.1) is 0 Å². The highest BCUT2D eigenvalue weighted by Gasteiger charge is 2.29. The van der Waals surface area contributed by atoms with E-state index in [9.17, 15) is 8.42 Å². The maximum atomic E-state index is 12.3. The molecule has 1 N–H and O–H groups in total. The maximum absolute atomic E-state index is 12.3. The third-order valence-corrected chi connectivity index (χ3v) is 5.13. The summed E-state index contributed by atoms with van der Waals surface area (Å²) in [6.45, 7) is 1.53. The number of sulfonamides is 1. The van der Waals surface area contributed by atoms with Gasteiger partial charge in [0.05, 0.1) is 16.5 Å². The molecule has 0 spiro atoms. The van der Waals surface area contributed by atoms with Crippen LogP contribution in [0.2, 0.25) is 0 Å². The lowest BCUT2D eigenvalue weighted by Crippen LogP contribution is -2.38. The molecule has 0 saturated carbocycles. The Morgan fingerprint density at radius 1 is 1.39 bits per heavy atom. The normalized spacial score (nSPS) is 19.9. The summed E-state index contributed by atoms with van der Waals surface area (Å²) in [5.74, 6) is 0. The fourth-order valence-electron chi connectivity index (χ4n) is 2.01. The monoisotopic (exact) mass is 265 g/mol. The van der Waals surface area contributed by atoms with Crippen LogP contribution in [0.1, 0.15) is 12.0 Å². The molecule has 1 aromatic rings. The molecule has 1 aliphatic heterocycles. The van der Waals surface area contributed by atoms with Crippen LogP contribution in [-0.4, -0.2) is 38.9 Å². The van der Waals surface area contributed by atoms with E-state index < -0.39 is 10.0 Å². The van der Waals surface area contributed by atoms with Crippen molar-refractivity contribution in [2.75, 3.05) is 20.1 Å². The lowest BCUT2D eigenvalue weighted by Gasteiger charge is -2.23. The standard InChI is InChI=1S/C12H15N3O2S/c1-15(11-6-7-14-9-11)18(16,17)12-4-2-10(8-13)3-5-12/h2-5,11,14H,6-7,9H2,1H3. The fourth-order valence-corrected chi connectivity index (χ4v) is 3.40. The molecular weight excluding hydrogens is 250 g/mol. The van der Waals surface area contributed by atoms with Crippen molar-refractivity contribution in [1.29, 1.82) is 5.26 Å². The molecule has 18 heavy (non-hydrogen) atoms. The average Bonchev–Trinajstić information content (AvgIpc) is 2.91. The largest absolute Gasteiger partial charge is 0.315 e. The molecule has 0 radical (unpaired) electrons. The van der Waals surface area contributed by atoms with Gasteiger partial charge in [-0.3, -0.25) is 0 Å². The minimum Gasteiger partial charge on any atom is -0.315 e. The lowest BCUT2D eigenvalue weighted by atomic mass is 10.2. The van der Waals surface area contributed by atoms with Gasteiger partial charge in [0.15, 0.2) is 0 Å². The Balaban J connectivity index is 2.26. The van der Waals surface area contributed by atoms with E-state index in [1.807, 2.05) is 6.07 Å². The molecule has 1 atom stereocenters. The Labute approximate surface area is 107 Å². The summed E-state index contributed by atoms with van der Waals surface area (Å²) in [6, 6.07) is 7.98. The Morgan fingerprint density at radius 2 is 2.06 bits per heavy atom. The average molecular weight is 265 g/mol. The first-order valence-corrected chi connectivity index (χ1v) is 7.18. The van der Waals surface area contributed by atoms with Gasteiger partial charge in [-0.05, 0) is 37.2 Å². The van der Waals surface area contributed by atoms with Crippen LogP contribution in [0.3, 0.4) is 0 Å². The van der Waals surface area contributed by atoms with Gasteiger partial charge in [0, 0.05) is 19.6 Å². The van der Waals surface area contributed by atoms with Crippen molar-refractivity contribution in [1.82, 2.24) is 9.62 Å². The second-order valence-corrected chi connectivity index (χ2v) is 6.30. The molecule has 0 amide bonds. The van der Waals surface area contributed by atoms with E-state index in [4.69, 9.17) is 5.26 Å². The summed E-state index contributed by atoms with van der Waals surface area (Å²) in [7, 11) is -1.86. The zero-order valence-corrected chi connectivity index (χ0v) is 10.9. The van der Waals surface area contributed by atoms with Crippen LogP contribution in [0.5, 0.6) is 0 Å². The molecule has 1 saturated heterocycles. The highest BCUT2D eigenvalue weighted by atomic mass is 32.2. The Hall–Kier alpha value is -1.42. The second kappa shape index (κ2) is 5.06. The summed E-state index contributed by atoms with van der Waals surface area (Å²) < 4.78 is 26.1. The number of hydrogen-bond acceptors (Lipinski definition) is 4. The van der Waals surface area contributed by atoms with Crippen LogP contribution in [0.4, 0.5) is 0 Å². The summed E-state index contributed by atoms with van der Waals surface area (Å²) in [4.78, 5) is 0.232. The van der Waals surface area contributed by atoms with E-state index in [1.165, 1.54) is 28.6 Å². The fraction of sp³-hybridized carbons (Fsp3) is 0.417. The van der Waals surface area contributed by atoms with Crippen molar-refractivity contribution in [3.63, 3.8) is 0 Å². The van der Waals surface area contributed by atoms with Gasteiger partial charge in [0.1, 0.15) is 0 Å². The molecule has 2 rings (SSSR count). The Kier molecular flexibility index (Phi) is 3.66. The molecule has 0 aliphatic carbocycles. The highest BCUT2D eigenvalue weighted by molar-refractivity contribution is 7.89. The molecule has 6 heteroatoms. The number of nitrogens with zero attached hydrogens (tertiary/aromatic N) is 2. The van der Waals surface area contributed by atoms with Gasteiger partial charge >= 0.3 is 0 Å². The lowest BCUT2D eigenvalue weighted by molar-refractivity contribution is 0.388. The van der Waals surface area contributed by atoms with E-state index >= 15 is 0 Å². The van der Waals surface area contributed by atoms with Gasteiger partial charge in [-0.2, -0.15) is 9.57 Å². The molecule has 1 aromatic carbocycles. The van der Waals surface area contributed by atoms with E-state index in [2.05, 4.69) is 5.32 Å². The molecule has 0 bridgehead atoms. The molecule has 1 unspecified atom stereocenters. The van der Waals surface area contributed by atoms with Crippen LogP contribution in [0.25, 0.3) is 0 Å². The van der Waals surface area contributed by atoms with Crippen molar-refractivity contribution in [2.45, 2.75) is 17.4 Å². The summed E-state index contributed by atoms with van der Waals surface area (Å²) in [5.41, 5.74) is 0.458. The van der Waals surface area contributed by atoms with Crippen LogP contribution in [0, 0.1) is 11.3 Å². The van der Waals surface area contributed by atoms with E-state index in [-0.39, 0.29) is 10.9 Å². The van der Waals surface area contributed by atoms with Crippen LogP contribution in [-0.2, 0) is 10.0 Å². The number of nitriles is 1. The second-order valence-electron chi connectivity index (χ2n) is 4.30. The van der Waals surface area contributed by atoms with Gasteiger partial charge in [-0.1, -0.05) is 0 Å². The summed E-state index contributed by atoms with van der Waals surface area (Å²) >= 11 is 0. The number of nitrogens with one attached hydrogen (secondary N) is 1. The highest BCUT2D eigenvalue weighted by Crippen LogP contribution is 2.19. The van der Waals surface area contributed by atoms with Crippen LogP contribution in [0.15, 0.2) is 29.2 Å². The van der Waals surface area contributed by atoms with Gasteiger partial charge in [0.25, 0.3) is 0 Å². The predicted molar refractivity (Wildman–Crippen MR) is 67.4 cm³/mol. The molecule has 0 aromatic heterocycles. The first-order chi connectivity index (χ1) is 8.55. The summed E-state index contributed by atoms with van der Waals surface area (Å²) in [6.07, 6.45) is 0.825. The van der Waals surface area contributed by atoms with Gasteiger partial charge < -0.3 is 5.32 Å². The Morgan fingerprint density at radius 3 is 2.56 bits per heavy atom. The topological polar surface area (TPSA) is 73.2 Å². The van der Waals surface area contributed by atoms with Gasteiger partial charge in [0.2, 0.25) is 10.0 Å². The van der Waals surface area contributed by atoms with Crippen molar-refractivity contribution >= 4 is 10.0 Å². The quantitative estimate of drug-likeness (QED) is 0.865. The van der Waals surface area contributed by atoms with Crippen molar-refractivity contribution in [3.8, 4) is 6.07 Å². The van der Waals surface area contributed by atoms with E-state index in [0.717, 1.165) is 13.0 Å². The molecule has 1 fully saturated rings. The van der Waals surface area contributed by atoms with Crippen molar-refractivity contribution in [2.24, 2.45) is 0 Å².